The summed E-state index contributed by atoms with van der Waals surface area (Å²) in [7, 11) is -3.59. The van der Waals surface area contributed by atoms with Crippen LogP contribution in [0.3, 0.4) is 0 Å². The van der Waals surface area contributed by atoms with E-state index in [0.717, 1.165) is 23.6 Å². The maximum absolute atomic E-state index is 12.8. The summed E-state index contributed by atoms with van der Waals surface area (Å²) in [5, 5.41) is 1.66. The Morgan fingerprint density at radius 1 is 1.19 bits per heavy atom. The predicted molar refractivity (Wildman–Crippen MR) is 84.5 cm³/mol. The van der Waals surface area contributed by atoms with Crippen LogP contribution in [0, 0.1) is 5.92 Å². The van der Waals surface area contributed by atoms with Crippen LogP contribution in [0.15, 0.2) is 47.4 Å². The number of benzene rings is 2. The lowest BCUT2D eigenvalue weighted by molar-refractivity contribution is 0.374. The van der Waals surface area contributed by atoms with Crippen molar-refractivity contribution >= 4 is 20.8 Å². The molecule has 0 saturated heterocycles. The van der Waals surface area contributed by atoms with Crippen LogP contribution in [-0.4, -0.2) is 20.5 Å². The Balaban J connectivity index is 2.04. The van der Waals surface area contributed by atoms with Gasteiger partial charge in [0.2, 0.25) is 10.0 Å². The number of sulfonamides is 1. The Morgan fingerprint density at radius 2 is 1.86 bits per heavy atom. The van der Waals surface area contributed by atoms with Crippen LogP contribution in [0.4, 0.5) is 0 Å². The summed E-state index contributed by atoms with van der Waals surface area (Å²) in [6.45, 7) is 2.20. The standard InChI is InChI=1S/C16H20N2O2S/c1-16(11-17,13-9-10-13)18-21(19,20)15-8-4-6-12-5-2-3-7-14(12)15/h2-8,13,18H,9-11,17H2,1H3. The summed E-state index contributed by atoms with van der Waals surface area (Å²) >= 11 is 0. The summed E-state index contributed by atoms with van der Waals surface area (Å²) in [5.41, 5.74) is 5.26. The second kappa shape index (κ2) is 5.09. The fourth-order valence-electron chi connectivity index (χ4n) is 2.80. The van der Waals surface area contributed by atoms with Gasteiger partial charge in [0.1, 0.15) is 0 Å². The molecule has 0 radical (unpaired) electrons. The van der Waals surface area contributed by atoms with Gasteiger partial charge in [-0.05, 0) is 37.1 Å². The molecule has 3 N–H and O–H groups in total. The van der Waals surface area contributed by atoms with Crippen molar-refractivity contribution in [3.63, 3.8) is 0 Å². The zero-order valence-corrected chi connectivity index (χ0v) is 12.9. The Bertz CT molecular complexity index is 763. The maximum atomic E-state index is 12.8. The Kier molecular flexibility index (Phi) is 3.51. The van der Waals surface area contributed by atoms with Gasteiger partial charge in [-0.2, -0.15) is 0 Å². The zero-order valence-electron chi connectivity index (χ0n) is 12.0. The highest BCUT2D eigenvalue weighted by Gasteiger charge is 2.43. The molecule has 0 heterocycles. The molecular formula is C16H20N2O2S. The highest BCUT2D eigenvalue weighted by molar-refractivity contribution is 7.89. The van der Waals surface area contributed by atoms with Gasteiger partial charge in [-0.15, -0.1) is 0 Å². The van der Waals surface area contributed by atoms with Crippen LogP contribution in [-0.2, 0) is 10.0 Å². The molecule has 1 aliphatic rings. The van der Waals surface area contributed by atoms with Gasteiger partial charge in [0.15, 0.2) is 0 Å². The van der Waals surface area contributed by atoms with Crippen molar-refractivity contribution in [1.82, 2.24) is 4.72 Å². The molecule has 5 heteroatoms. The maximum Gasteiger partial charge on any atom is 0.241 e. The molecule has 0 amide bonds. The second-order valence-corrected chi connectivity index (χ2v) is 7.63. The van der Waals surface area contributed by atoms with E-state index in [9.17, 15) is 8.42 Å². The van der Waals surface area contributed by atoms with E-state index in [2.05, 4.69) is 4.72 Å². The van der Waals surface area contributed by atoms with Crippen molar-refractivity contribution in [3.8, 4) is 0 Å². The van der Waals surface area contributed by atoms with Crippen LogP contribution >= 0.6 is 0 Å². The summed E-state index contributed by atoms with van der Waals surface area (Å²) < 4.78 is 28.4. The van der Waals surface area contributed by atoms with Gasteiger partial charge in [-0.25, -0.2) is 13.1 Å². The minimum Gasteiger partial charge on any atom is -0.329 e. The van der Waals surface area contributed by atoms with Crippen LogP contribution in [0.2, 0.25) is 0 Å². The van der Waals surface area contributed by atoms with E-state index in [4.69, 9.17) is 5.73 Å². The highest BCUT2D eigenvalue weighted by Crippen LogP contribution is 2.40. The summed E-state index contributed by atoms with van der Waals surface area (Å²) in [5.74, 6) is 0.340. The average molecular weight is 304 g/mol. The minimum atomic E-state index is -3.59. The van der Waals surface area contributed by atoms with E-state index in [1.165, 1.54) is 0 Å². The van der Waals surface area contributed by atoms with Crippen LogP contribution in [0.25, 0.3) is 10.8 Å². The first kappa shape index (κ1) is 14.5. The molecule has 1 aliphatic carbocycles. The lowest BCUT2D eigenvalue weighted by atomic mass is 9.98. The van der Waals surface area contributed by atoms with Gasteiger partial charge < -0.3 is 5.73 Å². The molecule has 4 nitrogen and oxygen atoms in total. The monoisotopic (exact) mass is 304 g/mol. The summed E-state index contributed by atoms with van der Waals surface area (Å²) in [6, 6.07) is 12.8. The molecule has 0 bridgehead atoms. The van der Waals surface area contributed by atoms with Gasteiger partial charge >= 0.3 is 0 Å². The summed E-state index contributed by atoms with van der Waals surface area (Å²) in [4.78, 5) is 0.320. The smallest absolute Gasteiger partial charge is 0.241 e. The molecule has 1 fully saturated rings. The molecule has 1 unspecified atom stereocenters. The Labute approximate surface area is 125 Å². The molecule has 2 aromatic carbocycles. The average Bonchev–Trinajstić information content (AvgIpc) is 3.31. The first-order valence-corrected chi connectivity index (χ1v) is 8.66. The molecule has 1 atom stereocenters. The third kappa shape index (κ3) is 2.69. The third-order valence-corrected chi connectivity index (χ3v) is 5.98. The van der Waals surface area contributed by atoms with E-state index >= 15 is 0 Å². The molecule has 112 valence electrons. The van der Waals surface area contributed by atoms with Crippen molar-refractivity contribution < 1.29 is 8.42 Å². The zero-order chi connectivity index (χ0) is 15.1. The molecule has 0 spiro atoms. The molecule has 3 rings (SSSR count). The summed E-state index contributed by atoms with van der Waals surface area (Å²) in [6.07, 6.45) is 2.07. The predicted octanol–water partition coefficient (Wildman–Crippen LogP) is 2.25. The number of rotatable bonds is 5. The van der Waals surface area contributed by atoms with Crippen molar-refractivity contribution in [3.05, 3.63) is 42.5 Å². The fraction of sp³-hybridized carbons (Fsp3) is 0.375. The fourth-order valence-corrected chi connectivity index (χ4v) is 4.51. The number of hydrogen-bond acceptors (Lipinski definition) is 3. The van der Waals surface area contributed by atoms with E-state index < -0.39 is 15.6 Å². The lowest BCUT2D eigenvalue weighted by Crippen LogP contribution is -2.52. The Hall–Kier alpha value is -1.43. The number of nitrogens with one attached hydrogen (secondary N) is 1. The van der Waals surface area contributed by atoms with Gasteiger partial charge in [0, 0.05) is 17.5 Å². The minimum absolute atomic E-state index is 0.307. The SMILES string of the molecule is CC(CN)(NS(=O)(=O)c1cccc2ccccc12)C1CC1. The number of nitrogens with two attached hydrogens (primary N) is 1. The third-order valence-electron chi connectivity index (χ3n) is 4.31. The molecule has 2 aromatic rings. The Morgan fingerprint density at radius 3 is 2.52 bits per heavy atom. The molecule has 21 heavy (non-hydrogen) atoms. The molecule has 1 saturated carbocycles. The van der Waals surface area contributed by atoms with Gasteiger partial charge in [0.05, 0.1) is 4.90 Å². The van der Waals surface area contributed by atoms with Crippen LogP contribution in [0.1, 0.15) is 19.8 Å². The molecule has 0 aliphatic heterocycles. The van der Waals surface area contributed by atoms with Crippen LogP contribution in [0.5, 0.6) is 0 Å². The van der Waals surface area contributed by atoms with Crippen molar-refractivity contribution in [2.24, 2.45) is 11.7 Å². The van der Waals surface area contributed by atoms with E-state index in [0.29, 0.717) is 17.4 Å². The largest absolute Gasteiger partial charge is 0.329 e. The first-order valence-electron chi connectivity index (χ1n) is 7.18. The second-order valence-electron chi connectivity index (χ2n) is 5.98. The van der Waals surface area contributed by atoms with Gasteiger partial charge in [0.25, 0.3) is 0 Å². The van der Waals surface area contributed by atoms with Gasteiger partial charge in [-0.3, -0.25) is 0 Å². The van der Waals surface area contributed by atoms with E-state index in [-0.39, 0.29) is 0 Å². The van der Waals surface area contributed by atoms with Crippen molar-refractivity contribution in [2.45, 2.75) is 30.2 Å². The molecular weight excluding hydrogens is 284 g/mol. The first-order chi connectivity index (χ1) is 9.96. The van der Waals surface area contributed by atoms with Gasteiger partial charge in [-0.1, -0.05) is 36.4 Å². The lowest BCUT2D eigenvalue weighted by Gasteiger charge is -2.29. The van der Waals surface area contributed by atoms with Crippen molar-refractivity contribution in [2.75, 3.05) is 6.54 Å². The quantitative estimate of drug-likeness (QED) is 0.890. The van der Waals surface area contributed by atoms with E-state index in [1.54, 1.807) is 12.1 Å². The van der Waals surface area contributed by atoms with Crippen molar-refractivity contribution in [1.29, 1.82) is 0 Å². The number of fused-ring (bicyclic) bond motifs is 1. The molecule has 0 aromatic heterocycles. The normalized spacial score (nSPS) is 18.6. The highest BCUT2D eigenvalue weighted by atomic mass is 32.2. The topological polar surface area (TPSA) is 72.2 Å². The van der Waals surface area contributed by atoms with Crippen LogP contribution < -0.4 is 10.5 Å². The van der Waals surface area contributed by atoms with E-state index in [1.807, 2.05) is 37.3 Å². The number of hydrogen-bond donors (Lipinski definition) is 2.